The van der Waals surface area contributed by atoms with E-state index in [0.717, 1.165) is 49.2 Å². The number of benzene rings is 1. The fourth-order valence-electron chi connectivity index (χ4n) is 3.34. The Labute approximate surface area is 166 Å². The summed E-state index contributed by atoms with van der Waals surface area (Å²) in [4.78, 5) is 11.3. The molecule has 144 valence electrons. The fourth-order valence-corrected chi connectivity index (χ4v) is 3.47. The number of hydrogen-bond acceptors (Lipinski definition) is 3. The maximum absolute atomic E-state index is 5.97. The predicted octanol–water partition coefficient (Wildman–Crippen LogP) is 3.37. The zero-order valence-corrected chi connectivity index (χ0v) is 16.8. The molecule has 6 heteroatoms. The first-order valence-electron chi connectivity index (χ1n) is 9.48. The summed E-state index contributed by atoms with van der Waals surface area (Å²) in [5.41, 5.74) is 3.56. The molecule has 1 aliphatic rings. The van der Waals surface area contributed by atoms with Gasteiger partial charge in [-0.05, 0) is 49.1 Å². The van der Waals surface area contributed by atoms with Crippen LogP contribution < -0.4 is 10.6 Å². The van der Waals surface area contributed by atoms with Crippen molar-refractivity contribution in [3.8, 4) is 0 Å². The van der Waals surface area contributed by atoms with E-state index in [1.165, 1.54) is 11.1 Å². The number of likely N-dealkylation sites (tertiary alicyclic amines) is 1. The summed E-state index contributed by atoms with van der Waals surface area (Å²) in [6.45, 7) is 5.90. The van der Waals surface area contributed by atoms with Crippen LogP contribution in [0.3, 0.4) is 0 Å². The van der Waals surface area contributed by atoms with Crippen LogP contribution in [0.2, 0.25) is 5.02 Å². The number of aromatic nitrogens is 1. The minimum absolute atomic E-state index is 0.447. The molecule has 1 aromatic heterocycles. The molecule has 1 saturated heterocycles. The number of pyridine rings is 1. The van der Waals surface area contributed by atoms with Crippen molar-refractivity contribution in [1.82, 2.24) is 20.5 Å². The molecule has 27 heavy (non-hydrogen) atoms. The van der Waals surface area contributed by atoms with Crippen molar-refractivity contribution in [2.24, 2.45) is 4.99 Å². The van der Waals surface area contributed by atoms with Crippen LogP contribution in [0.1, 0.15) is 29.7 Å². The predicted molar refractivity (Wildman–Crippen MR) is 112 cm³/mol. The van der Waals surface area contributed by atoms with Gasteiger partial charge in [-0.1, -0.05) is 29.8 Å². The zero-order chi connectivity index (χ0) is 19.1. The van der Waals surface area contributed by atoms with E-state index in [0.29, 0.717) is 12.6 Å². The Hall–Kier alpha value is -2.11. The summed E-state index contributed by atoms with van der Waals surface area (Å²) in [5, 5.41) is 7.73. The van der Waals surface area contributed by atoms with E-state index in [1.807, 2.05) is 31.4 Å². The van der Waals surface area contributed by atoms with Gasteiger partial charge in [-0.2, -0.15) is 0 Å². The largest absolute Gasteiger partial charge is 0.354 e. The third-order valence-electron chi connectivity index (χ3n) is 5.01. The number of hydrogen-bond donors (Lipinski definition) is 2. The fraction of sp³-hybridized carbons (Fsp3) is 0.429. The Balaban J connectivity index is 1.43. The van der Waals surface area contributed by atoms with E-state index in [2.05, 4.69) is 50.6 Å². The molecular weight excluding hydrogens is 358 g/mol. The molecule has 3 rings (SSSR count). The highest BCUT2D eigenvalue weighted by Crippen LogP contribution is 2.16. The Morgan fingerprint density at radius 2 is 1.96 bits per heavy atom. The van der Waals surface area contributed by atoms with Crippen molar-refractivity contribution in [3.05, 3.63) is 64.4 Å². The monoisotopic (exact) mass is 385 g/mol. The molecule has 1 aliphatic heterocycles. The van der Waals surface area contributed by atoms with Crippen LogP contribution in [0.4, 0.5) is 0 Å². The molecule has 0 bridgehead atoms. The normalized spacial score (nSPS) is 16.3. The van der Waals surface area contributed by atoms with Crippen molar-refractivity contribution >= 4 is 17.6 Å². The van der Waals surface area contributed by atoms with E-state index in [-0.39, 0.29) is 0 Å². The zero-order valence-electron chi connectivity index (χ0n) is 16.1. The molecule has 5 nitrogen and oxygen atoms in total. The van der Waals surface area contributed by atoms with E-state index in [9.17, 15) is 0 Å². The van der Waals surface area contributed by atoms with Crippen molar-refractivity contribution in [1.29, 1.82) is 0 Å². The molecule has 0 aliphatic carbocycles. The lowest BCUT2D eigenvalue weighted by molar-refractivity contribution is 0.198. The molecule has 0 radical (unpaired) electrons. The van der Waals surface area contributed by atoms with Crippen molar-refractivity contribution in [3.63, 3.8) is 0 Å². The molecule has 1 fully saturated rings. The average molecular weight is 386 g/mol. The van der Waals surface area contributed by atoms with E-state index < -0.39 is 0 Å². The van der Waals surface area contributed by atoms with Gasteiger partial charge in [-0.3, -0.25) is 14.9 Å². The Bertz CT molecular complexity index is 751. The van der Waals surface area contributed by atoms with E-state index in [4.69, 9.17) is 11.6 Å². The minimum Gasteiger partial charge on any atom is -0.354 e. The number of nitrogens with one attached hydrogen (secondary N) is 2. The van der Waals surface area contributed by atoms with Crippen molar-refractivity contribution < 1.29 is 0 Å². The molecule has 0 saturated carbocycles. The lowest BCUT2D eigenvalue weighted by Crippen LogP contribution is -2.48. The lowest BCUT2D eigenvalue weighted by Gasteiger charge is -2.33. The molecule has 2 N–H and O–H groups in total. The van der Waals surface area contributed by atoms with Crippen LogP contribution in [0, 0.1) is 6.92 Å². The van der Waals surface area contributed by atoms with Crippen LogP contribution in [-0.2, 0) is 13.1 Å². The first kappa shape index (κ1) is 19.6. The number of guanidine groups is 1. The molecule has 0 unspecified atom stereocenters. The SMILES string of the molecule is CN=C(NCc1ncccc1C)NC1CCN(Cc2ccc(Cl)cc2)CC1. The van der Waals surface area contributed by atoms with Crippen LogP contribution in [0.25, 0.3) is 0 Å². The number of nitrogens with zero attached hydrogens (tertiary/aromatic N) is 3. The highest BCUT2D eigenvalue weighted by Gasteiger charge is 2.20. The van der Waals surface area contributed by atoms with Gasteiger partial charge in [-0.15, -0.1) is 0 Å². The number of aliphatic imine (C=N–C) groups is 1. The van der Waals surface area contributed by atoms with E-state index >= 15 is 0 Å². The van der Waals surface area contributed by atoms with Crippen LogP contribution in [0.15, 0.2) is 47.6 Å². The lowest BCUT2D eigenvalue weighted by atomic mass is 10.0. The van der Waals surface area contributed by atoms with Crippen LogP contribution in [0.5, 0.6) is 0 Å². The quantitative estimate of drug-likeness (QED) is 0.612. The topological polar surface area (TPSA) is 52.6 Å². The maximum Gasteiger partial charge on any atom is 0.191 e. The number of halogens is 1. The Kier molecular flexibility index (Phi) is 7.07. The van der Waals surface area contributed by atoms with Crippen LogP contribution in [-0.4, -0.2) is 42.0 Å². The number of rotatable bonds is 5. The van der Waals surface area contributed by atoms with Gasteiger partial charge < -0.3 is 10.6 Å². The number of aryl methyl sites for hydroxylation is 1. The van der Waals surface area contributed by atoms with Crippen molar-refractivity contribution in [2.75, 3.05) is 20.1 Å². The standard InChI is InChI=1S/C21H28ClN5/c1-16-4-3-11-24-20(16)14-25-21(23-2)26-19-9-12-27(13-10-19)15-17-5-7-18(22)8-6-17/h3-8,11,19H,9-10,12-15H2,1-2H3,(H2,23,25,26). The van der Waals surface area contributed by atoms with Gasteiger partial charge in [0, 0.05) is 43.9 Å². The Morgan fingerprint density at radius 3 is 2.63 bits per heavy atom. The summed E-state index contributed by atoms with van der Waals surface area (Å²) >= 11 is 5.97. The van der Waals surface area contributed by atoms with Gasteiger partial charge >= 0.3 is 0 Å². The summed E-state index contributed by atoms with van der Waals surface area (Å²) < 4.78 is 0. The number of piperidine rings is 1. The average Bonchev–Trinajstić information content (AvgIpc) is 2.69. The van der Waals surface area contributed by atoms with Crippen LogP contribution >= 0.6 is 11.6 Å². The summed E-state index contributed by atoms with van der Waals surface area (Å²) in [6.07, 6.45) is 4.05. The first-order valence-corrected chi connectivity index (χ1v) is 9.86. The third-order valence-corrected chi connectivity index (χ3v) is 5.26. The van der Waals surface area contributed by atoms with Gasteiger partial charge in [0.25, 0.3) is 0 Å². The van der Waals surface area contributed by atoms with Gasteiger partial charge in [-0.25, -0.2) is 0 Å². The molecular formula is C21H28ClN5. The van der Waals surface area contributed by atoms with Gasteiger partial charge in [0.2, 0.25) is 0 Å². The molecule has 2 aromatic rings. The summed E-state index contributed by atoms with van der Waals surface area (Å²) in [5.74, 6) is 0.844. The second kappa shape index (κ2) is 9.72. The molecule has 1 aromatic carbocycles. The summed E-state index contributed by atoms with van der Waals surface area (Å²) in [7, 11) is 1.82. The third kappa shape index (κ3) is 5.94. The van der Waals surface area contributed by atoms with Gasteiger partial charge in [0.05, 0.1) is 12.2 Å². The van der Waals surface area contributed by atoms with Gasteiger partial charge in [0.1, 0.15) is 0 Å². The second-order valence-corrected chi connectivity index (χ2v) is 7.45. The Morgan fingerprint density at radius 1 is 1.22 bits per heavy atom. The molecule has 0 atom stereocenters. The van der Waals surface area contributed by atoms with Gasteiger partial charge in [0.15, 0.2) is 5.96 Å². The highest BCUT2D eigenvalue weighted by atomic mass is 35.5. The molecule has 0 spiro atoms. The van der Waals surface area contributed by atoms with Crippen molar-refractivity contribution in [2.45, 2.75) is 38.9 Å². The summed E-state index contributed by atoms with van der Waals surface area (Å²) in [6, 6.07) is 12.6. The molecule has 0 amide bonds. The maximum atomic E-state index is 5.97. The minimum atomic E-state index is 0.447. The van der Waals surface area contributed by atoms with E-state index in [1.54, 1.807) is 0 Å². The molecule has 2 heterocycles. The smallest absolute Gasteiger partial charge is 0.191 e. The highest BCUT2D eigenvalue weighted by molar-refractivity contribution is 6.30. The first-order chi connectivity index (χ1) is 13.1. The second-order valence-electron chi connectivity index (χ2n) is 7.01.